The van der Waals surface area contributed by atoms with E-state index >= 15 is 0 Å². The summed E-state index contributed by atoms with van der Waals surface area (Å²) in [6, 6.07) is 83.0. The van der Waals surface area contributed by atoms with Crippen molar-refractivity contribution in [2.24, 2.45) is 0 Å². The molecular weight excluding hydrogens is 791 g/mol. The number of fused-ring (bicyclic) bond motifs is 4. The van der Waals surface area contributed by atoms with Gasteiger partial charge in [0.25, 0.3) is 0 Å². The number of para-hydroxylation sites is 1. The molecule has 0 aliphatic heterocycles. The monoisotopic (exact) mass is 829 g/mol. The van der Waals surface area contributed by atoms with Crippen LogP contribution in [-0.2, 0) is 0 Å². The van der Waals surface area contributed by atoms with Crippen molar-refractivity contribution in [2.45, 2.75) is 0 Å². The Balaban J connectivity index is 0.878. The Morgan fingerprint density at radius 3 is 1.37 bits per heavy atom. The summed E-state index contributed by atoms with van der Waals surface area (Å²) < 4.78 is 6.26. The van der Waals surface area contributed by atoms with E-state index in [0.29, 0.717) is 17.5 Å². The molecule has 2 heterocycles. The van der Waals surface area contributed by atoms with Gasteiger partial charge >= 0.3 is 0 Å². The van der Waals surface area contributed by atoms with Gasteiger partial charge in [0.15, 0.2) is 17.5 Å². The Kier molecular flexibility index (Phi) is 9.46. The van der Waals surface area contributed by atoms with Crippen molar-refractivity contribution in [3.8, 4) is 89.8 Å². The van der Waals surface area contributed by atoms with Crippen LogP contribution >= 0.6 is 0 Å². The molecule has 4 nitrogen and oxygen atoms in total. The molecule has 4 heteroatoms. The molecule has 0 bridgehead atoms. The van der Waals surface area contributed by atoms with Crippen LogP contribution in [0, 0.1) is 0 Å². The zero-order chi connectivity index (χ0) is 43.1. The fraction of sp³-hybridized carbons (Fsp3) is 0. The van der Waals surface area contributed by atoms with Crippen LogP contribution in [0.3, 0.4) is 0 Å². The average molecular weight is 830 g/mol. The minimum atomic E-state index is 0.618. The maximum atomic E-state index is 6.26. The van der Waals surface area contributed by atoms with Crippen molar-refractivity contribution < 1.29 is 4.42 Å². The summed E-state index contributed by atoms with van der Waals surface area (Å²) in [4.78, 5) is 15.4. The fourth-order valence-corrected chi connectivity index (χ4v) is 9.12. The third-order valence-electron chi connectivity index (χ3n) is 12.4. The summed E-state index contributed by atoms with van der Waals surface area (Å²) in [7, 11) is 0. The lowest BCUT2D eigenvalue weighted by atomic mass is 9.91. The van der Waals surface area contributed by atoms with E-state index in [9.17, 15) is 0 Å². The maximum absolute atomic E-state index is 6.26. The highest BCUT2D eigenvalue weighted by atomic mass is 16.3. The second-order valence-corrected chi connectivity index (χ2v) is 16.3. The molecule has 0 radical (unpaired) electrons. The van der Waals surface area contributed by atoms with Crippen LogP contribution in [0.1, 0.15) is 0 Å². The van der Waals surface area contributed by atoms with E-state index in [1.54, 1.807) is 0 Å². The van der Waals surface area contributed by atoms with Crippen LogP contribution < -0.4 is 0 Å². The molecule has 0 atom stereocenters. The summed E-state index contributed by atoms with van der Waals surface area (Å²) in [6.07, 6.45) is 0. The lowest BCUT2D eigenvalue weighted by Crippen LogP contribution is -2.01. The molecule has 12 rings (SSSR count). The van der Waals surface area contributed by atoms with Gasteiger partial charge in [0, 0.05) is 27.5 Å². The highest BCUT2D eigenvalue weighted by Crippen LogP contribution is 2.39. The van der Waals surface area contributed by atoms with Crippen LogP contribution in [0.25, 0.3) is 123 Å². The van der Waals surface area contributed by atoms with Crippen molar-refractivity contribution in [3.05, 3.63) is 237 Å². The van der Waals surface area contributed by atoms with E-state index in [2.05, 4.69) is 206 Å². The van der Waals surface area contributed by atoms with E-state index in [-0.39, 0.29) is 0 Å². The van der Waals surface area contributed by atoms with E-state index in [1.165, 1.54) is 27.5 Å². The van der Waals surface area contributed by atoms with Crippen molar-refractivity contribution in [1.29, 1.82) is 0 Å². The number of aromatic nitrogens is 3. The molecule has 0 spiro atoms. The minimum Gasteiger partial charge on any atom is -0.456 e. The molecule has 0 aliphatic carbocycles. The second kappa shape index (κ2) is 16.2. The fourth-order valence-electron chi connectivity index (χ4n) is 9.12. The largest absolute Gasteiger partial charge is 0.456 e. The van der Waals surface area contributed by atoms with Crippen molar-refractivity contribution >= 4 is 32.7 Å². The summed E-state index contributed by atoms with van der Waals surface area (Å²) in [5.74, 6) is 1.87. The van der Waals surface area contributed by atoms with E-state index in [4.69, 9.17) is 19.4 Å². The Labute approximate surface area is 376 Å². The molecule has 0 unspecified atom stereocenters. The summed E-state index contributed by atoms with van der Waals surface area (Å²) in [5.41, 5.74) is 15.9. The number of hydrogen-bond acceptors (Lipinski definition) is 4. The highest BCUT2D eigenvalue weighted by Gasteiger charge is 2.17. The third kappa shape index (κ3) is 7.13. The number of rotatable bonds is 8. The normalized spacial score (nSPS) is 11.4. The zero-order valence-electron chi connectivity index (χ0n) is 35.3. The van der Waals surface area contributed by atoms with E-state index in [1.807, 2.05) is 30.3 Å². The topological polar surface area (TPSA) is 51.8 Å². The molecule has 65 heavy (non-hydrogen) atoms. The van der Waals surface area contributed by atoms with Crippen LogP contribution in [0.4, 0.5) is 0 Å². The molecular formula is C61H39N3O. The van der Waals surface area contributed by atoms with Gasteiger partial charge in [-0.3, -0.25) is 0 Å². The quantitative estimate of drug-likeness (QED) is 0.153. The Hall–Kier alpha value is -8.73. The molecule has 0 saturated carbocycles. The van der Waals surface area contributed by atoms with Crippen LogP contribution in [-0.4, -0.2) is 15.0 Å². The standard InChI is InChI=1S/C61H39N3O/c1-3-14-40(15-4-1)46-18-13-19-48(38-46)60-62-59(63-61(64-60)56-24-10-7-20-49(56)43-16-5-2-6-17-43)45-32-28-42(29-33-45)41-26-30-44(31-27-41)50-36-37-51(53-22-9-8-21-52(50)53)47-34-35-55-54-23-11-12-25-57(54)65-58(55)39-47/h1-39H. The van der Waals surface area contributed by atoms with Crippen LogP contribution in [0.2, 0.25) is 0 Å². The lowest BCUT2D eigenvalue weighted by molar-refractivity contribution is 0.669. The van der Waals surface area contributed by atoms with Crippen molar-refractivity contribution in [2.75, 3.05) is 0 Å². The Morgan fingerprint density at radius 1 is 0.215 bits per heavy atom. The number of benzene rings is 10. The van der Waals surface area contributed by atoms with Gasteiger partial charge in [-0.1, -0.05) is 212 Å². The van der Waals surface area contributed by atoms with Gasteiger partial charge in [-0.2, -0.15) is 0 Å². The SMILES string of the molecule is c1ccc(-c2cccc(-c3nc(-c4ccc(-c5ccc(-c6ccc(-c7ccc8c(c7)oc7ccccc78)c7ccccc67)cc5)cc4)nc(-c4ccccc4-c4ccccc4)n3)c2)cc1. The van der Waals surface area contributed by atoms with Gasteiger partial charge in [0.2, 0.25) is 0 Å². The molecule has 10 aromatic carbocycles. The molecule has 0 amide bonds. The molecule has 0 saturated heterocycles. The number of hydrogen-bond donors (Lipinski definition) is 0. The first kappa shape index (κ1) is 38.0. The summed E-state index contributed by atoms with van der Waals surface area (Å²) in [6.45, 7) is 0. The molecule has 0 aliphatic rings. The molecule has 304 valence electrons. The highest BCUT2D eigenvalue weighted by molar-refractivity contribution is 6.09. The number of nitrogens with zero attached hydrogens (tertiary/aromatic N) is 3. The Bertz CT molecular complexity index is 3690. The maximum Gasteiger partial charge on any atom is 0.164 e. The van der Waals surface area contributed by atoms with E-state index < -0.39 is 0 Å². The number of furan rings is 1. The summed E-state index contributed by atoms with van der Waals surface area (Å²) >= 11 is 0. The third-order valence-corrected chi connectivity index (χ3v) is 12.4. The van der Waals surface area contributed by atoms with Gasteiger partial charge in [-0.25, -0.2) is 15.0 Å². The minimum absolute atomic E-state index is 0.618. The second-order valence-electron chi connectivity index (χ2n) is 16.3. The molecule has 2 aromatic heterocycles. The lowest BCUT2D eigenvalue weighted by Gasteiger charge is -2.13. The first-order valence-corrected chi connectivity index (χ1v) is 21.9. The van der Waals surface area contributed by atoms with Crippen molar-refractivity contribution in [3.63, 3.8) is 0 Å². The first-order valence-electron chi connectivity index (χ1n) is 21.9. The summed E-state index contributed by atoms with van der Waals surface area (Å²) in [5, 5.41) is 4.69. The van der Waals surface area contributed by atoms with Crippen LogP contribution in [0.5, 0.6) is 0 Å². The zero-order valence-corrected chi connectivity index (χ0v) is 35.3. The van der Waals surface area contributed by atoms with Gasteiger partial charge < -0.3 is 4.42 Å². The average Bonchev–Trinajstić information content (AvgIpc) is 3.77. The molecule has 0 N–H and O–H groups in total. The predicted octanol–water partition coefficient (Wildman–Crippen LogP) is 16.3. The van der Waals surface area contributed by atoms with Gasteiger partial charge in [-0.05, 0) is 90.7 Å². The van der Waals surface area contributed by atoms with Gasteiger partial charge in [-0.15, -0.1) is 0 Å². The Morgan fingerprint density at radius 2 is 0.662 bits per heavy atom. The molecule has 0 fully saturated rings. The predicted molar refractivity (Wildman–Crippen MR) is 268 cm³/mol. The van der Waals surface area contributed by atoms with Gasteiger partial charge in [0.05, 0.1) is 0 Å². The molecule has 12 aromatic rings. The smallest absolute Gasteiger partial charge is 0.164 e. The van der Waals surface area contributed by atoms with Crippen molar-refractivity contribution in [1.82, 2.24) is 15.0 Å². The van der Waals surface area contributed by atoms with Crippen LogP contribution in [0.15, 0.2) is 241 Å². The van der Waals surface area contributed by atoms with E-state index in [0.717, 1.165) is 77.6 Å². The first-order chi connectivity index (χ1) is 32.2. The van der Waals surface area contributed by atoms with Gasteiger partial charge in [0.1, 0.15) is 11.2 Å².